The summed E-state index contributed by atoms with van der Waals surface area (Å²) in [6.07, 6.45) is 0.218. The fourth-order valence-electron chi connectivity index (χ4n) is 1.98. The summed E-state index contributed by atoms with van der Waals surface area (Å²) in [6.45, 7) is 0. The minimum absolute atomic E-state index is 0.218. The molecule has 0 aliphatic heterocycles. The van der Waals surface area contributed by atoms with Gasteiger partial charge in [-0.25, -0.2) is 8.42 Å². The molecule has 0 amide bonds. The Morgan fingerprint density at radius 2 is 1.70 bits per heavy atom. The zero-order valence-corrected chi connectivity index (χ0v) is 13.3. The first-order chi connectivity index (χ1) is 9.38. The summed E-state index contributed by atoms with van der Waals surface area (Å²) in [4.78, 5) is 0. The molecule has 0 bridgehead atoms. The summed E-state index contributed by atoms with van der Waals surface area (Å²) in [5.74, 6) is 0. The highest BCUT2D eigenvalue weighted by molar-refractivity contribution is 8.13. The van der Waals surface area contributed by atoms with Gasteiger partial charge in [0.05, 0.1) is 0 Å². The lowest BCUT2D eigenvalue weighted by Gasteiger charge is -2.15. The maximum absolute atomic E-state index is 11.8. The zero-order valence-electron chi connectivity index (χ0n) is 10.3. The Bertz CT molecular complexity index is 714. The van der Waals surface area contributed by atoms with Gasteiger partial charge in [0.15, 0.2) is 0 Å². The molecule has 106 valence electrons. The minimum atomic E-state index is -3.81. The second kappa shape index (κ2) is 6.35. The molecule has 2 nitrogen and oxygen atoms in total. The topological polar surface area (TPSA) is 34.1 Å². The van der Waals surface area contributed by atoms with Crippen molar-refractivity contribution in [3.63, 3.8) is 0 Å². The lowest BCUT2D eigenvalue weighted by atomic mass is 10.0. The molecule has 6 heteroatoms. The Hall–Kier alpha value is -0.740. The zero-order chi connectivity index (χ0) is 14.8. The van der Waals surface area contributed by atoms with Gasteiger partial charge in [0, 0.05) is 20.7 Å². The van der Waals surface area contributed by atoms with Crippen LogP contribution in [0.2, 0.25) is 10.0 Å². The van der Waals surface area contributed by atoms with Gasteiger partial charge >= 0.3 is 0 Å². The van der Waals surface area contributed by atoms with Gasteiger partial charge in [-0.2, -0.15) is 0 Å². The fraction of sp³-hybridized carbons (Fsp3) is 0.143. The van der Waals surface area contributed by atoms with Crippen molar-refractivity contribution in [2.75, 3.05) is 0 Å². The fourth-order valence-corrected chi connectivity index (χ4v) is 3.90. The van der Waals surface area contributed by atoms with Crippen LogP contribution in [-0.4, -0.2) is 8.42 Å². The van der Waals surface area contributed by atoms with Crippen LogP contribution in [0.4, 0.5) is 0 Å². The molecule has 1 unspecified atom stereocenters. The molecule has 0 saturated carbocycles. The van der Waals surface area contributed by atoms with E-state index in [0.29, 0.717) is 15.6 Å². The Morgan fingerprint density at radius 3 is 2.30 bits per heavy atom. The highest BCUT2D eigenvalue weighted by Crippen LogP contribution is 2.34. The lowest BCUT2D eigenvalue weighted by Crippen LogP contribution is -2.11. The van der Waals surface area contributed by atoms with Crippen molar-refractivity contribution in [3.8, 4) is 0 Å². The van der Waals surface area contributed by atoms with Crippen LogP contribution < -0.4 is 0 Å². The third kappa shape index (κ3) is 3.89. The number of hydrogen-bond acceptors (Lipinski definition) is 2. The molecule has 0 heterocycles. The van der Waals surface area contributed by atoms with Crippen molar-refractivity contribution < 1.29 is 8.42 Å². The Labute approximate surface area is 132 Å². The first-order valence-electron chi connectivity index (χ1n) is 5.80. The molecule has 0 N–H and O–H groups in total. The van der Waals surface area contributed by atoms with Crippen molar-refractivity contribution in [1.29, 1.82) is 0 Å². The highest BCUT2D eigenvalue weighted by atomic mass is 35.7. The van der Waals surface area contributed by atoms with Crippen LogP contribution in [0.15, 0.2) is 48.5 Å². The minimum Gasteiger partial charge on any atom is -0.212 e. The van der Waals surface area contributed by atoms with E-state index in [-0.39, 0.29) is 6.42 Å². The lowest BCUT2D eigenvalue weighted by molar-refractivity contribution is 0.595. The summed E-state index contributed by atoms with van der Waals surface area (Å²) in [7, 11) is 1.77. The van der Waals surface area contributed by atoms with Crippen LogP contribution in [0, 0.1) is 0 Å². The van der Waals surface area contributed by atoms with E-state index in [2.05, 4.69) is 0 Å². The number of rotatable bonds is 4. The molecule has 0 spiro atoms. The van der Waals surface area contributed by atoms with Crippen molar-refractivity contribution in [1.82, 2.24) is 0 Å². The molecule has 1 atom stereocenters. The Balaban J connectivity index is 2.43. The van der Waals surface area contributed by atoms with Gasteiger partial charge in [-0.15, -0.1) is 0 Å². The van der Waals surface area contributed by atoms with Gasteiger partial charge < -0.3 is 0 Å². The van der Waals surface area contributed by atoms with Crippen molar-refractivity contribution >= 4 is 42.9 Å². The number of halogens is 3. The molecule has 20 heavy (non-hydrogen) atoms. The monoisotopic (exact) mass is 348 g/mol. The second-order valence-electron chi connectivity index (χ2n) is 4.32. The average Bonchev–Trinajstić information content (AvgIpc) is 2.36. The van der Waals surface area contributed by atoms with Crippen molar-refractivity contribution in [3.05, 3.63) is 69.7 Å². The van der Waals surface area contributed by atoms with Gasteiger partial charge in [-0.1, -0.05) is 53.5 Å². The maximum atomic E-state index is 11.8. The SMILES string of the molecule is O=S(=O)(Cl)C(Cc1cccc(Cl)c1)c1ccccc1Cl. The van der Waals surface area contributed by atoms with Crippen LogP contribution in [-0.2, 0) is 15.5 Å². The van der Waals surface area contributed by atoms with E-state index in [1.807, 2.05) is 0 Å². The summed E-state index contributed by atoms with van der Waals surface area (Å²) in [5.41, 5.74) is 1.27. The molecule has 0 aromatic heterocycles. The maximum Gasteiger partial charge on any atom is 0.240 e. The highest BCUT2D eigenvalue weighted by Gasteiger charge is 2.27. The van der Waals surface area contributed by atoms with Crippen LogP contribution in [0.1, 0.15) is 16.4 Å². The van der Waals surface area contributed by atoms with E-state index in [4.69, 9.17) is 33.9 Å². The molecule has 2 rings (SSSR count). The molecule has 0 aliphatic rings. The van der Waals surface area contributed by atoms with Crippen molar-refractivity contribution in [2.24, 2.45) is 0 Å². The molecule has 2 aromatic rings. The first-order valence-corrected chi connectivity index (χ1v) is 8.93. The van der Waals surface area contributed by atoms with Crippen LogP contribution in [0.5, 0.6) is 0 Å². The van der Waals surface area contributed by atoms with E-state index < -0.39 is 14.3 Å². The molecule has 0 radical (unpaired) electrons. The van der Waals surface area contributed by atoms with Crippen LogP contribution in [0.25, 0.3) is 0 Å². The molecule has 0 aliphatic carbocycles. The Kier molecular flexibility index (Phi) is 4.97. The number of hydrogen-bond donors (Lipinski definition) is 0. The third-order valence-electron chi connectivity index (χ3n) is 2.90. The molecule has 0 fully saturated rings. The van der Waals surface area contributed by atoms with Gasteiger partial charge in [-0.3, -0.25) is 0 Å². The summed E-state index contributed by atoms with van der Waals surface area (Å²) in [5, 5.41) is 0.0208. The standard InChI is InChI=1S/C14H11Cl3O2S/c15-11-5-3-4-10(8-11)9-14(20(17,18)19)12-6-1-2-7-13(12)16/h1-8,14H,9H2. The quantitative estimate of drug-likeness (QED) is 0.740. The normalized spacial score (nSPS) is 13.2. The molecule has 0 saturated heterocycles. The largest absolute Gasteiger partial charge is 0.240 e. The van der Waals surface area contributed by atoms with E-state index in [9.17, 15) is 8.42 Å². The summed E-state index contributed by atoms with van der Waals surface area (Å²) >= 11 is 12.0. The molecular formula is C14H11Cl3O2S. The van der Waals surface area contributed by atoms with E-state index in [1.165, 1.54) is 0 Å². The average molecular weight is 350 g/mol. The van der Waals surface area contributed by atoms with Gasteiger partial charge in [0.2, 0.25) is 9.05 Å². The van der Waals surface area contributed by atoms with Gasteiger partial charge in [-0.05, 0) is 35.7 Å². The molecular weight excluding hydrogens is 339 g/mol. The second-order valence-corrected chi connectivity index (χ2v) is 7.97. The predicted octanol–water partition coefficient (Wildman–Crippen LogP) is 4.85. The smallest absolute Gasteiger partial charge is 0.212 e. The van der Waals surface area contributed by atoms with E-state index >= 15 is 0 Å². The molecule has 2 aromatic carbocycles. The van der Waals surface area contributed by atoms with E-state index in [0.717, 1.165) is 5.56 Å². The van der Waals surface area contributed by atoms with Crippen LogP contribution in [0.3, 0.4) is 0 Å². The summed E-state index contributed by atoms with van der Waals surface area (Å²) < 4.78 is 23.7. The van der Waals surface area contributed by atoms with E-state index in [1.54, 1.807) is 48.5 Å². The predicted molar refractivity (Wildman–Crippen MR) is 84.1 cm³/mol. The summed E-state index contributed by atoms with van der Waals surface area (Å²) in [6, 6.07) is 13.8. The van der Waals surface area contributed by atoms with Gasteiger partial charge in [0.1, 0.15) is 5.25 Å². The third-order valence-corrected chi connectivity index (χ3v) is 5.23. The van der Waals surface area contributed by atoms with Crippen LogP contribution >= 0.6 is 33.9 Å². The first kappa shape index (κ1) is 15.6. The Morgan fingerprint density at radius 1 is 1.00 bits per heavy atom. The van der Waals surface area contributed by atoms with Gasteiger partial charge in [0.25, 0.3) is 0 Å². The number of benzene rings is 2. The van der Waals surface area contributed by atoms with Crippen molar-refractivity contribution in [2.45, 2.75) is 11.7 Å².